The van der Waals surface area contributed by atoms with Gasteiger partial charge >= 0.3 is 5.97 Å². The smallest absolute Gasteiger partial charge is 0.341 e. The lowest BCUT2D eigenvalue weighted by atomic mass is 10.1. The Bertz CT molecular complexity index is 778. The van der Waals surface area contributed by atoms with Crippen molar-refractivity contribution in [2.24, 2.45) is 7.05 Å². The quantitative estimate of drug-likeness (QED) is 0.906. The second-order valence-electron chi connectivity index (χ2n) is 5.48. The van der Waals surface area contributed by atoms with Crippen LogP contribution in [0.5, 0.6) is 5.75 Å². The lowest BCUT2D eigenvalue weighted by Crippen LogP contribution is -2.22. The molecule has 0 saturated carbocycles. The normalized spacial score (nSPS) is 11.1. The number of carboxylic acids is 1. The number of ether oxygens (including phenoxy) is 1. The van der Waals surface area contributed by atoms with Crippen LogP contribution < -0.4 is 10.2 Å². The zero-order valence-electron chi connectivity index (χ0n) is 13.2. The summed E-state index contributed by atoms with van der Waals surface area (Å²) < 4.78 is 7.33. The number of likely N-dealkylation sites (N-methyl/N-ethyl adjacent to an activating group) is 1. The van der Waals surface area contributed by atoms with E-state index in [1.807, 2.05) is 19.0 Å². The van der Waals surface area contributed by atoms with Crippen molar-refractivity contribution in [2.45, 2.75) is 6.92 Å². The van der Waals surface area contributed by atoms with Gasteiger partial charge in [0.15, 0.2) is 0 Å². The van der Waals surface area contributed by atoms with E-state index in [0.29, 0.717) is 29.0 Å². The fraction of sp³-hybridized carbons (Fsp3) is 0.375. The average Bonchev–Trinajstić information content (AvgIpc) is 2.44. The van der Waals surface area contributed by atoms with Gasteiger partial charge in [-0.25, -0.2) is 4.79 Å². The highest BCUT2D eigenvalue weighted by molar-refractivity contribution is 5.94. The summed E-state index contributed by atoms with van der Waals surface area (Å²) >= 11 is 0. The number of carbonyl (C=O) groups is 1. The maximum atomic E-state index is 12.4. The first-order chi connectivity index (χ1) is 10.3. The van der Waals surface area contributed by atoms with Gasteiger partial charge in [0.1, 0.15) is 17.9 Å². The van der Waals surface area contributed by atoms with E-state index < -0.39 is 11.4 Å². The number of nitrogens with zero attached hydrogens (tertiary/aromatic N) is 2. The molecule has 1 N–H and O–H groups in total. The van der Waals surface area contributed by atoms with Crippen molar-refractivity contribution in [2.75, 3.05) is 27.2 Å². The molecule has 0 aliphatic carbocycles. The summed E-state index contributed by atoms with van der Waals surface area (Å²) in [5, 5.41) is 9.61. The summed E-state index contributed by atoms with van der Waals surface area (Å²) in [5.74, 6) is -0.648. The number of hydrogen-bond donors (Lipinski definition) is 1. The summed E-state index contributed by atoms with van der Waals surface area (Å²) in [7, 11) is 5.64. The van der Waals surface area contributed by atoms with Crippen LogP contribution in [0.4, 0.5) is 0 Å². The highest BCUT2D eigenvalue weighted by Gasteiger charge is 2.18. The Kier molecular flexibility index (Phi) is 4.51. The van der Waals surface area contributed by atoms with Gasteiger partial charge in [-0.15, -0.1) is 0 Å². The highest BCUT2D eigenvalue weighted by Crippen LogP contribution is 2.20. The first-order valence-electron chi connectivity index (χ1n) is 6.97. The van der Waals surface area contributed by atoms with Crippen LogP contribution in [0, 0.1) is 6.92 Å². The Balaban J connectivity index is 2.52. The summed E-state index contributed by atoms with van der Waals surface area (Å²) in [4.78, 5) is 25.7. The van der Waals surface area contributed by atoms with Crippen LogP contribution in [0.15, 0.2) is 23.0 Å². The molecular formula is C16H20N2O4. The monoisotopic (exact) mass is 304 g/mol. The zero-order valence-corrected chi connectivity index (χ0v) is 13.2. The molecule has 0 saturated heterocycles. The van der Waals surface area contributed by atoms with Crippen LogP contribution >= 0.6 is 0 Å². The Morgan fingerprint density at radius 2 is 2.05 bits per heavy atom. The van der Waals surface area contributed by atoms with Crippen LogP contribution in [0.3, 0.4) is 0 Å². The Labute approximate surface area is 128 Å². The van der Waals surface area contributed by atoms with Gasteiger partial charge in [0.25, 0.3) is 0 Å². The molecule has 6 nitrogen and oxygen atoms in total. The van der Waals surface area contributed by atoms with Crippen molar-refractivity contribution in [3.8, 4) is 5.75 Å². The van der Waals surface area contributed by atoms with Gasteiger partial charge in [0.05, 0.1) is 10.9 Å². The minimum Gasteiger partial charge on any atom is -0.492 e. The number of pyridine rings is 1. The van der Waals surface area contributed by atoms with E-state index in [9.17, 15) is 14.7 Å². The lowest BCUT2D eigenvalue weighted by Gasteiger charge is -2.14. The molecule has 1 aromatic heterocycles. The third kappa shape index (κ3) is 2.96. The summed E-state index contributed by atoms with van der Waals surface area (Å²) in [6.07, 6.45) is 0. The van der Waals surface area contributed by atoms with Gasteiger partial charge < -0.3 is 19.3 Å². The molecule has 0 spiro atoms. The Morgan fingerprint density at radius 3 is 2.64 bits per heavy atom. The van der Waals surface area contributed by atoms with Crippen LogP contribution in [0.1, 0.15) is 16.1 Å². The largest absolute Gasteiger partial charge is 0.492 e. The maximum Gasteiger partial charge on any atom is 0.341 e. The maximum absolute atomic E-state index is 12.4. The summed E-state index contributed by atoms with van der Waals surface area (Å²) in [6, 6.07) is 5.18. The molecule has 0 aliphatic rings. The molecule has 0 radical (unpaired) electrons. The molecule has 0 amide bonds. The van der Waals surface area contributed by atoms with Crippen LogP contribution in [0.2, 0.25) is 0 Å². The van der Waals surface area contributed by atoms with E-state index in [1.54, 1.807) is 36.7 Å². The first-order valence-corrected chi connectivity index (χ1v) is 6.97. The van der Waals surface area contributed by atoms with E-state index >= 15 is 0 Å². The molecule has 2 rings (SSSR count). The number of aromatic nitrogens is 1. The second-order valence-corrected chi connectivity index (χ2v) is 5.48. The van der Waals surface area contributed by atoms with E-state index in [0.717, 1.165) is 6.54 Å². The van der Waals surface area contributed by atoms with Gasteiger partial charge in [-0.1, -0.05) is 0 Å². The van der Waals surface area contributed by atoms with Crippen molar-refractivity contribution in [1.82, 2.24) is 9.47 Å². The third-order valence-electron chi connectivity index (χ3n) is 3.69. The Hall–Kier alpha value is -2.34. The van der Waals surface area contributed by atoms with Crippen molar-refractivity contribution >= 4 is 16.9 Å². The number of fused-ring (bicyclic) bond motifs is 1. The van der Waals surface area contributed by atoms with Crippen LogP contribution in [0.25, 0.3) is 10.9 Å². The first kappa shape index (κ1) is 16.0. The van der Waals surface area contributed by atoms with Gasteiger partial charge in [-0.05, 0) is 39.2 Å². The topological polar surface area (TPSA) is 71.8 Å². The predicted octanol–water partition coefficient (Wildman–Crippen LogP) is 1.49. The van der Waals surface area contributed by atoms with Crippen molar-refractivity contribution in [3.05, 3.63) is 39.7 Å². The molecule has 0 unspecified atom stereocenters. The van der Waals surface area contributed by atoms with Gasteiger partial charge in [0.2, 0.25) is 5.43 Å². The number of hydrogen-bond acceptors (Lipinski definition) is 4. The van der Waals surface area contributed by atoms with Crippen LogP contribution in [-0.2, 0) is 7.05 Å². The van der Waals surface area contributed by atoms with E-state index in [2.05, 4.69) is 0 Å². The number of carboxylic acid groups (broad SMARTS) is 1. The fourth-order valence-electron chi connectivity index (χ4n) is 2.32. The highest BCUT2D eigenvalue weighted by atomic mass is 16.5. The number of aromatic carboxylic acids is 1. The van der Waals surface area contributed by atoms with E-state index in [1.165, 1.54) is 0 Å². The third-order valence-corrected chi connectivity index (χ3v) is 3.69. The standard InChI is InChI=1S/C16H20N2O4/c1-10-14(16(20)21)15(19)12-9-11(22-8-7-17(2)3)5-6-13(12)18(10)4/h5-6,9H,7-8H2,1-4H3,(H,20,21). The molecule has 0 fully saturated rings. The molecular weight excluding hydrogens is 284 g/mol. The molecule has 118 valence electrons. The number of rotatable bonds is 5. The van der Waals surface area contributed by atoms with Crippen molar-refractivity contribution < 1.29 is 14.6 Å². The fourth-order valence-corrected chi connectivity index (χ4v) is 2.32. The van der Waals surface area contributed by atoms with E-state index in [4.69, 9.17) is 4.74 Å². The molecule has 1 heterocycles. The molecule has 1 aromatic carbocycles. The lowest BCUT2D eigenvalue weighted by molar-refractivity contribution is 0.0694. The minimum atomic E-state index is -1.21. The molecule has 22 heavy (non-hydrogen) atoms. The summed E-state index contributed by atoms with van der Waals surface area (Å²) in [6.45, 7) is 2.88. The van der Waals surface area contributed by atoms with Crippen LogP contribution in [-0.4, -0.2) is 47.8 Å². The molecule has 2 aromatic rings. The second kappa shape index (κ2) is 6.19. The van der Waals surface area contributed by atoms with Gasteiger partial charge in [-0.2, -0.15) is 0 Å². The number of benzene rings is 1. The predicted molar refractivity (Wildman–Crippen MR) is 84.9 cm³/mol. The van der Waals surface area contributed by atoms with E-state index in [-0.39, 0.29) is 5.56 Å². The van der Waals surface area contributed by atoms with Crippen molar-refractivity contribution in [3.63, 3.8) is 0 Å². The molecule has 0 atom stereocenters. The Morgan fingerprint density at radius 1 is 1.36 bits per heavy atom. The average molecular weight is 304 g/mol. The van der Waals surface area contributed by atoms with Crippen molar-refractivity contribution in [1.29, 1.82) is 0 Å². The summed E-state index contributed by atoms with van der Waals surface area (Å²) in [5.41, 5.74) is 0.454. The molecule has 0 bridgehead atoms. The number of aryl methyl sites for hydroxylation is 1. The minimum absolute atomic E-state index is 0.194. The van der Waals surface area contributed by atoms with Gasteiger partial charge in [-0.3, -0.25) is 4.79 Å². The zero-order chi connectivity index (χ0) is 16.4. The SMILES string of the molecule is Cc1c(C(=O)O)c(=O)c2cc(OCCN(C)C)ccc2n1C. The molecule has 6 heteroatoms. The van der Waals surface area contributed by atoms with Gasteiger partial charge in [0, 0.05) is 19.3 Å². The molecule has 0 aliphatic heterocycles.